The Morgan fingerprint density at radius 3 is 0.889 bits per heavy atom. The van der Waals surface area contributed by atoms with E-state index in [0.717, 1.165) is 96.3 Å². The Labute approximate surface area is 434 Å². The molecule has 0 aliphatic carbocycles. The van der Waals surface area contributed by atoms with Crippen molar-refractivity contribution in [1.82, 2.24) is 0 Å². The summed E-state index contributed by atoms with van der Waals surface area (Å²) in [5, 5.41) is 0. The second kappa shape index (κ2) is 38.6. The van der Waals surface area contributed by atoms with Gasteiger partial charge in [-0.25, -0.2) is 0 Å². The van der Waals surface area contributed by atoms with Crippen LogP contribution in [-0.4, -0.2) is 43.1 Å². The molecule has 0 heterocycles. The first kappa shape index (κ1) is 61.3. The van der Waals surface area contributed by atoms with Gasteiger partial charge in [0.05, 0.1) is 0 Å². The van der Waals surface area contributed by atoms with E-state index in [1.54, 1.807) is 0 Å². The molecular formula is C62H92O10. The molecule has 0 aromatic heterocycles. The maximum Gasteiger partial charge on any atom is 0.308 e. The number of hydrogen-bond acceptors (Lipinski definition) is 10. The van der Waals surface area contributed by atoms with Gasteiger partial charge in [-0.3, -0.25) is 24.0 Å². The first-order valence-electron chi connectivity index (χ1n) is 28.1. The van der Waals surface area contributed by atoms with Gasteiger partial charge in [0.15, 0.2) is 0 Å². The van der Waals surface area contributed by atoms with Crippen molar-refractivity contribution in [2.45, 2.75) is 239 Å². The number of ether oxygens (including phenoxy) is 5. The largest absolute Gasteiger partial charge is 0.462 e. The highest BCUT2D eigenvalue weighted by Crippen LogP contribution is 2.36. The lowest BCUT2D eigenvalue weighted by atomic mass is 9.82. The maximum atomic E-state index is 12.4. The number of hydrogen-bond donors (Lipinski definition) is 0. The summed E-state index contributed by atoms with van der Waals surface area (Å²) in [6.07, 6.45) is 31.2. The molecule has 10 heteroatoms. The molecule has 0 fully saturated rings. The van der Waals surface area contributed by atoms with Crippen LogP contribution in [0.4, 0.5) is 0 Å². The zero-order valence-electron chi connectivity index (χ0n) is 45.2. The molecule has 0 radical (unpaired) electrons. The molecule has 3 aromatic carbocycles. The highest BCUT2D eigenvalue weighted by atomic mass is 16.6. The van der Waals surface area contributed by atoms with Crippen LogP contribution in [0.2, 0.25) is 0 Å². The Hall–Kier alpha value is -4.99. The molecule has 72 heavy (non-hydrogen) atoms. The van der Waals surface area contributed by atoms with E-state index in [1.165, 1.54) is 115 Å². The van der Waals surface area contributed by atoms with Crippen LogP contribution in [0, 0.1) is 0 Å². The van der Waals surface area contributed by atoms with Gasteiger partial charge < -0.3 is 23.7 Å². The van der Waals surface area contributed by atoms with Crippen molar-refractivity contribution in [3.05, 3.63) is 89.5 Å². The number of unbranched alkanes of at least 4 members (excludes halogenated alkanes) is 17. The average Bonchev–Trinajstić information content (AvgIpc) is 3.35. The molecule has 0 saturated heterocycles. The normalized spacial score (nSPS) is 12.4. The third-order valence-electron chi connectivity index (χ3n) is 13.7. The van der Waals surface area contributed by atoms with Gasteiger partial charge in [0.25, 0.3) is 0 Å². The van der Waals surface area contributed by atoms with Gasteiger partial charge in [-0.2, -0.15) is 0 Å². The Kier molecular flexibility index (Phi) is 32.9. The Morgan fingerprint density at radius 1 is 0.333 bits per heavy atom. The van der Waals surface area contributed by atoms with Crippen LogP contribution < -0.4 is 14.2 Å². The van der Waals surface area contributed by atoms with Gasteiger partial charge in [0.2, 0.25) is 0 Å². The van der Waals surface area contributed by atoms with Crippen LogP contribution in [0.15, 0.2) is 72.8 Å². The summed E-state index contributed by atoms with van der Waals surface area (Å²) in [5.74, 6) is 1.61. The molecule has 0 saturated carbocycles. The fourth-order valence-corrected chi connectivity index (χ4v) is 9.76. The number of carbonyl (C=O) groups excluding carboxylic acids is 5. The first-order chi connectivity index (χ1) is 35.0. The van der Waals surface area contributed by atoms with Crippen molar-refractivity contribution in [2.75, 3.05) is 13.2 Å². The number of esters is 5. The van der Waals surface area contributed by atoms with Gasteiger partial charge in [-0.15, -0.1) is 0 Å². The molecule has 400 valence electrons. The van der Waals surface area contributed by atoms with Crippen molar-refractivity contribution in [3.63, 3.8) is 0 Å². The highest BCUT2D eigenvalue weighted by Gasteiger charge is 2.19. The van der Waals surface area contributed by atoms with Crippen LogP contribution >= 0.6 is 0 Å². The Balaban J connectivity index is 1.26. The van der Waals surface area contributed by atoms with E-state index in [1.807, 2.05) is 36.4 Å². The molecule has 0 aliphatic rings. The molecular weight excluding hydrogens is 905 g/mol. The standard InChI is InChI=1S/C62H92O10/c1-6-8-10-11-16-22-28-52(55-35-41-58(42-36-55)70-49(3)63)29-23-17-12-14-19-25-31-61(66)68-47-48-69-62(67)32-26-20-15-13-18-24-30-54(57-39-45-60(46-40-57)72-51(5)65)34-33-53(27-21-9-7-2)56-37-43-59(44-38-56)71-50(4)64/h35-46,52-54H,6-34,47-48H2,1-5H3. The van der Waals surface area contributed by atoms with Crippen molar-refractivity contribution in [2.24, 2.45) is 0 Å². The van der Waals surface area contributed by atoms with E-state index < -0.39 is 0 Å². The summed E-state index contributed by atoms with van der Waals surface area (Å²) >= 11 is 0. The quantitative estimate of drug-likeness (QED) is 0.0307. The first-order valence-corrected chi connectivity index (χ1v) is 28.1. The molecule has 3 rings (SSSR count). The lowest BCUT2D eigenvalue weighted by Crippen LogP contribution is -2.13. The molecule has 3 aromatic rings. The molecule has 3 unspecified atom stereocenters. The summed E-state index contributed by atoms with van der Waals surface area (Å²) in [5.41, 5.74) is 3.87. The lowest BCUT2D eigenvalue weighted by Gasteiger charge is -2.23. The summed E-state index contributed by atoms with van der Waals surface area (Å²) in [4.78, 5) is 59.1. The topological polar surface area (TPSA) is 132 Å². The van der Waals surface area contributed by atoms with Gasteiger partial charge in [0, 0.05) is 33.6 Å². The second-order valence-electron chi connectivity index (χ2n) is 20.0. The predicted molar refractivity (Wildman–Crippen MR) is 289 cm³/mol. The minimum absolute atomic E-state index is 0.0935. The van der Waals surface area contributed by atoms with Crippen molar-refractivity contribution >= 4 is 29.8 Å². The van der Waals surface area contributed by atoms with E-state index >= 15 is 0 Å². The average molecular weight is 997 g/mol. The summed E-state index contributed by atoms with van der Waals surface area (Å²) in [6, 6.07) is 24.1. The second-order valence-corrected chi connectivity index (χ2v) is 20.0. The molecule has 0 N–H and O–H groups in total. The zero-order valence-corrected chi connectivity index (χ0v) is 45.2. The van der Waals surface area contributed by atoms with Crippen LogP contribution in [0.5, 0.6) is 17.2 Å². The monoisotopic (exact) mass is 997 g/mol. The van der Waals surface area contributed by atoms with E-state index in [0.29, 0.717) is 47.8 Å². The SMILES string of the molecule is CCCCCCCCC(CCCCCCCCC(=O)OCCOC(=O)CCCCCCCCC(CCC(CCCCC)c1ccc(OC(C)=O)cc1)c1ccc(OC(C)=O)cc1)c1ccc(OC(C)=O)cc1. The van der Waals surface area contributed by atoms with Gasteiger partial charge >= 0.3 is 29.8 Å². The Bertz CT molecular complexity index is 1920. The summed E-state index contributed by atoms with van der Waals surface area (Å²) < 4.78 is 26.6. The van der Waals surface area contributed by atoms with Crippen LogP contribution in [0.1, 0.15) is 255 Å². The maximum absolute atomic E-state index is 12.4. The Morgan fingerprint density at radius 2 is 0.583 bits per heavy atom. The van der Waals surface area contributed by atoms with Gasteiger partial charge in [0.1, 0.15) is 30.5 Å². The minimum Gasteiger partial charge on any atom is -0.462 e. The van der Waals surface area contributed by atoms with E-state index in [4.69, 9.17) is 23.7 Å². The number of carbonyl (C=O) groups is 5. The van der Waals surface area contributed by atoms with Gasteiger partial charge in [-0.05, 0) is 122 Å². The third-order valence-corrected chi connectivity index (χ3v) is 13.7. The molecule has 0 amide bonds. The highest BCUT2D eigenvalue weighted by molar-refractivity contribution is 5.71. The van der Waals surface area contributed by atoms with Crippen LogP contribution in [-0.2, 0) is 33.4 Å². The summed E-state index contributed by atoms with van der Waals surface area (Å²) in [6.45, 7) is 8.94. The van der Waals surface area contributed by atoms with E-state index in [9.17, 15) is 24.0 Å². The van der Waals surface area contributed by atoms with Gasteiger partial charge in [-0.1, -0.05) is 172 Å². The van der Waals surface area contributed by atoms with E-state index in [2.05, 4.69) is 50.2 Å². The fourth-order valence-electron chi connectivity index (χ4n) is 9.76. The third kappa shape index (κ3) is 28.9. The number of benzene rings is 3. The fraction of sp³-hybridized carbons (Fsp3) is 0.629. The van der Waals surface area contributed by atoms with Crippen molar-refractivity contribution < 1.29 is 47.7 Å². The van der Waals surface area contributed by atoms with Crippen LogP contribution in [0.3, 0.4) is 0 Å². The molecule has 0 spiro atoms. The lowest BCUT2D eigenvalue weighted by molar-refractivity contribution is -0.152. The molecule has 10 nitrogen and oxygen atoms in total. The van der Waals surface area contributed by atoms with Crippen molar-refractivity contribution in [3.8, 4) is 17.2 Å². The van der Waals surface area contributed by atoms with E-state index in [-0.39, 0.29) is 43.1 Å². The van der Waals surface area contributed by atoms with Crippen LogP contribution in [0.25, 0.3) is 0 Å². The molecule has 0 aliphatic heterocycles. The molecule has 3 atom stereocenters. The predicted octanol–water partition coefficient (Wildman–Crippen LogP) is 16.6. The molecule has 0 bridgehead atoms. The van der Waals surface area contributed by atoms with Crippen molar-refractivity contribution in [1.29, 1.82) is 0 Å². The minimum atomic E-state index is -0.327. The summed E-state index contributed by atoms with van der Waals surface area (Å²) in [7, 11) is 0. The zero-order chi connectivity index (χ0) is 52.0. The smallest absolute Gasteiger partial charge is 0.308 e. The number of rotatable bonds is 41.